The molecule has 11 nitrogen and oxygen atoms in total. The number of rotatable bonds is 8. The van der Waals surface area contributed by atoms with Gasteiger partial charge >= 0.3 is 5.97 Å². The molecule has 2 rings (SSSR count). The van der Waals surface area contributed by atoms with Crippen molar-refractivity contribution in [3.05, 3.63) is 18.2 Å². The molecule has 0 radical (unpaired) electrons. The highest BCUT2D eigenvalue weighted by atomic mass is 16.6. The average molecular weight is 372 g/mol. The second-order valence-electron chi connectivity index (χ2n) is 6.25. The molecule has 11 heteroatoms. The van der Waals surface area contributed by atoms with Crippen LogP contribution in [-0.4, -0.2) is 90.4 Å². The smallest absolute Gasteiger partial charge is 0.326 e. The van der Waals surface area contributed by atoms with Gasteiger partial charge in [-0.25, -0.2) is 9.78 Å². The Bertz CT molecular complexity index is 626. The van der Waals surface area contributed by atoms with Crippen LogP contribution in [0.25, 0.3) is 0 Å². The third-order valence-corrected chi connectivity index (χ3v) is 4.48. The molecule has 1 aliphatic rings. The van der Waals surface area contributed by atoms with E-state index in [1.54, 1.807) is 0 Å². The summed E-state index contributed by atoms with van der Waals surface area (Å²) in [4.78, 5) is 32.1. The molecule has 1 aromatic rings. The second kappa shape index (κ2) is 8.10. The van der Waals surface area contributed by atoms with Crippen molar-refractivity contribution in [3.63, 3.8) is 0 Å². The molecule has 0 bridgehead atoms. The zero-order valence-corrected chi connectivity index (χ0v) is 14.3. The molecular weight excluding hydrogens is 348 g/mol. The van der Waals surface area contributed by atoms with Gasteiger partial charge in [-0.15, -0.1) is 0 Å². The van der Waals surface area contributed by atoms with Gasteiger partial charge in [-0.05, 0) is 6.92 Å². The topological polar surface area (TPSA) is 182 Å². The third-order valence-electron chi connectivity index (χ3n) is 4.48. The van der Waals surface area contributed by atoms with E-state index in [0.717, 1.165) is 4.90 Å². The Labute approximate surface area is 149 Å². The van der Waals surface area contributed by atoms with Gasteiger partial charge in [0.25, 0.3) is 0 Å². The first-order valence-corrected chi connectivity index (χ1v) is 8.13. The van der Waals surface area contributed by atoms with Gasteiger partial charge in [-0.2, -0.15) is 0 Å². The Morgan fingerprint density at radius 1 is 1.50 bits per heavy atom. The maximum Gasteiger partial charge on any atom is 0.326 e. The van der Waals surface area contributed by atoms with E-state index in [4.69, 9.17) is 10.5 Å². The van der Waals surface area contributed by atoms with Crippen molar-refractivity contribution in [1.29, 1.82) is 0 Å². The average Bonchev–Trinajstić information content (AvgIpc) is 3.17. The summed E-state index contributed by atoms with van der Waals surface area (Å²) in [5.74, 6) is -2.00. The number of aromatic amines is 1. The summed E-state index contributed by atoms with van der Waals surface area (Å²) in [5, 5.41) is 39.5. The molecule has 26 heavy (non-hydrogen) atoms. The highest BCUT2D eigenvalue weighted by Gasteiger charge is 2.58. The van der Waals surface area contributed by atoms with E-state index >= 15 is 0 Å². The van der Waals surface area contributed by atoms with Crippen molar-refractivity contribution in [2.24, 2.45) is 5.73 Å². The number of carbonyl (C=O) groups is 2. The predicted molar refractivity (Wildman–Crippen MR) is 86.6 cm³/mol. The van der Waals surface area contributed by atoms with Gasteiger partial charge in [0.15, 0.2) is 5.72 Å². The molecule has 0 aromatic carbocycles. The number of aliphatic hydroxyl groups is 3. The van der Waals surface area contributed by atoms with Gasteiger partial charge in [0.05, 0.1) is 18.6 Å². The number of carbonyl (C=O) groups excluding carboxylic acids is 1. The molecule has 0 aliphatic carbocycles. The minimum atomic E-state index is -1.86. The number of aromatic nitrogens is 2. The summed E-state index contributed by atoms with van der Waals surface area (Å²) in [6.45, 7) is 0.650. The molecule has 0 spiro atoms. The number of carboxylic acid groups (broad SMARTS) is 1. The maximum atomic E-state index is 12.7. The monoisotopic (exact) mass is 372 g/mol. The van der Waals surface area contributed by atoms with Crippen LogP contribution in [0.3, 0.4) is 0 Å². The summed E-state index contributed by atoms with van der Waals surface area (Å²) in [7, 11) is 0. The van der Waals surface area contributed by atoms with Crippen molar-refractivity contribution >= 4 is 11.9 Å². The predicted octanol–water partition coefficient (Wildman–Crippen LogP) is -2.59. The van der Waals surface area contributed by atoms with E-state index in [0.29, 0.717) is 5.69 Å². The number of nitrogens with zero attached hydrogens (tertiary/aromatic N) is 2. The van der Waals surface area contributed by atoms with Crippen LogP contribution in [0, 0.1) is 0 Å². The van der Waals surface area contributed by atoms with E-state index in [9.17, 15) is 30.0 Å². The fourth-order valence-corrected chi connectivity index (χ4v) is 3.18. The second-order valence-corrected chi connectivity index (χ2v) is 6.25. The number of aliphatic carboxylic acids is 1. The fourth-order valence-electron chi connectivity index (χ4n) is 3.18. The third kappa shape index (κ3) is 3.71. The van der Waals surface area contributed by atoms with Crippen LogP contribution in [0.2, 0.25) is 0 Å². The first-order chi connectivity index (χ1) is 12.3. The molecule has 5 atom stereocenters. The van der Waals surface area contributed by atoms with E-state index < -0.39 is 48.6 Å². The lowest BCUT2D eigenvalue weighted by Gasteiger charge is -2.43. The van der Waals surface area contributed by atoms with Gasteiger partial charge in [0, 0.05) is 25.6 Å². The highest BCUT2D eigenvalue weighted by Crippen LogP contribution is 2.36. The summed E-state index contributed by atoms with van der Waals surface area (Å²) in [6.07, 6.45) is -1.75. The van der Waals surface area contributed by atoms with Crippen LogP contribution in [0.4, 0.5) is 0 Å². The molecule has 146 valence electrons. The van der Waals surface area contributed by atoms with Crippen molar-refractivity contribution < 1.29 is 34.8 Å². The molecule has 1 amide bonds. The van der Waals surface area contributed by atoms with Crippen LogP contribution >= 0.6 is 0 Å². The van der Waals surface area contributed by atoms with Gasteiger partial charge in [0.1, 0.15) is 24.4 Å². The Balaban J connectivity index is 2.44. The summed E-state index contributed by atoms with van der Waals surface area (Å²) in [6, 6.07) is -1.43. The van der Waals surface area contributed by atoms with E-state index in [1.165, 1.54) is 19.4 Å². The first kappa shape index (κ1) is 20.3. The Hall–Kier alpha value is -2.05. The molecule has 1 aromatic heterocycles. The van der Waals surface area contributed by atoms with E-state index in [2.05, 4.69) is 9.97 Å². The minimum absolute atomic E-state index is 0.0394. The lowest BCUT2D eigenvalue weighted by atomic mass is 9.98. The van der Waals surface area contributed by atoms with Crippen LogP contribution in [-0.2, 0) is 20.7 Å². The fraction of sp³-hybridized carbons (Fsp3) is 0.667. The van der Waals surface area contributed by atoms with Crippen LogP contribution < -0.4 is 5.73 Å². The summed E-state index contributed by atoms with van der Waals surface area (Å²) < 4.78 is 5.53. The highest BCUT2D eigenvalue weighted by molar-refractivity contribution is 5.84. The zero-order valence-electron chi connectivity index (χ0n) is 14.3. The van der Waals surface area contributed by atoms with Crippen molar-refractivity contribution in [2.45, 2.75) is 49.8 Å². The van der Waals surface area contributed by atoms with Gasteiger partial charge < -0.3 is 35.9 Å². The number of carboxylic acids is 1. The maximum absolute atomic E-state index is 12.7. The van der Waals surface area contributed by atoms with Gasteiger partial charge in [0.2, 0.25) is 5.91 Å². The normalized spacial score (nSPS) is 29.5. The number of aliphatic hydroxyl groups excluding tert-OH is 3. The Morgan fingerprint density at radius 3 is 2.65 bits per heavy atom. The number of H-pyrrole nitrogens is 1. The van der Waals surface area contributed by atoms with Crippen molar-refractivity contribution in [1.82, 2.24) is 14.9 Å². The minimum Gasteiger partial charge on any atom is -0.480 e. The Kier molecular flexibility index (Phi) is 6.31. The Morgan fingerprint density at radius 2 is 2.19 bits per heavy atom. The molecule has 2 heterocycles. The van der Waals surface area contributed by atoms with Crippen LogP contribution in [0.15, 0.2) is 12.5 Å². The van der Waals surface area contributed by atoms with Crippen LogP contribution in [0.5, 0.6) is 0 Å². The number of imidazole rings is 1. The van der Waals surface area contributed by atoms with E-state index in [1.807, 2.05) is 0 Å². The zero-order chi connectivity index (χ0) is 19.5. The number of nitrogens with two attached hydrogens (primary N) is 1. The number of nitrogens with one attached hydrogen (secondary N) is 1. The van der Waals surface area contributed by atoms with E-state index in [-0.39, 0.29) is 19.4 Å². The molecule has 1 aliphatic heterocycles. The van der Waals surface area contributed by atoms with Crippen LogP contribution in [0.1, 0.15) is 19.0 Å². The molecule has 1 saturated heterocycles. The van der Waals surface area contributed by atoms with Gasteiger partial charge in [-0.1, -0.05) is 0 Å². The SMILES string of the molecule is CC1(N(C(=O)CCN)C(Cc2c[nH]cn2)C(=O)O)O[C@H](CO)[C@@H](O)[C@@H]1O. The summed E-state index contributed by atoms with van der Waals surface area (Å²) >= 11 is 0. The number of hydrogen-bond donors (Lipinski definition) is 6. The summed E-state index contributed by atoms with van der Waals surface area (Å²) in [5.41, 5.74) is 3.96. The lowest BCUT2D eigenvalue weighted by molar-refractivity contribution is -0.202. The molecule has 2 unspecified atom stereocenters. The largest absolute Gasteiger partial charge is 0.480 e. The first-order valence-electron chi connectivity index (χ1n) is 8.13. The number of hydrogen-bond acceptors (Lipinski definition) is 8. The molecule has 7 N–H and O–H groups in total. The quantitative estimate of drug-likeness (QED) is 0.285. The molecular formula is C15H24N4O7. The molecule has 0 saturated carbocycles. The van der Waals surface area contributed by atoms with Crippen molar-refractivity contribution in [3.8, 4) is 0 Å². The number of ether oxygens (including phenoxy) is 1. The number of amides is 1. The van der Waals surface area contributed by atoms with Crippen molar-refractivity contribution in [2.75, 3.05) is 13.2 Å². The standard InChI is InChI=1S/C15H24N4O7/c1-15(13(23)12(22)10(6-20)26-15)19(11(21)2-3-16)9(14(24)25)4-8-5-17-7-18-8/h5,7,9-10,12-13,20,22-23H,2-4,6,16H2,1H3,(H,17,18)(H,24,25)/t9?,10-,12-,13+,15?/m1/s1. The lowest BCUT2D eigenvalue weighted by Crippen LogP contribution is -2.63. The molecule has 1 fully saturated rings. The van der Waals surface area contributed by atoms with Gasteiger partial charge in [-0.3, -0.25) is 9.69 Å².